The van der Waals surface area contributed by atoms with Gasteiger partial charge in [0.25, 0.3) is 5.91 Å². The fraction of sp³-hybridized carbons (Fsp3) is 0.611. The van der Waals surface area contributed by atoms with Crippen LogP contribution in [0.3, 0.4) is 0 Å². The van der Waals surface area contributed by atoms with Crippen molar-refractivity contribution >= 4 is 5.91 Å². The summed E-state index contributed by atoms with van der Waals surface area (Å²) in [5, 5.41) is 12.8. The molecule has 1 aromatic rings. The van der Waals surface area contributed by atoms with Gasteiger partial charge in [0, 0.05) is 33.1 Å². The standard InChI is InChI=1S/C18H27NO5/c1-4-13-5-6-15(16(20)11-13)17(21)19-9-7-14-12-24-10-8-18(14,22-2)23-3/h5-6,11,14,20H,4,7-10,12H2,1-3H3,(H,19,21)/t14-/m0/s1. The lowest BCUT2D eigenvalue weighted by molar-refractivity contribution is -0.276. The number of methoxy groups -OCH3 is 2. The molecule has 1 heterocycles. The number of phenolic OH excluding ortho intramolecular Hbond substituents is 1. The van der Waals surface area contributed by atoms with Crippen molar-refractivity contribution in [2.45, 2.75) is 32.0 Å². The minimum absolute atomic E-state index is 0.0102. The van der Waals surface area contributed by atoms with Crippen molar-refractivity contribution in [2.24, 2.45) is 5.92 Å². The summed E-state index contributed by atoms with van der Waals surface area (Å²) in [5.41, 5.74) is 1.28. The molecule has 1 saturated heterocycles. The highest BCUT2D eigenvalue weighted by molar-refractivity contribution is 5.96. The Morgan fingerprint density at radius 2 is 2.17 bits per heavy atom. The Morgan fingerprint density at radius 1 is 1.42 bits per heavy atom. The van der Waals surface area contributed by atoms with Gasteiger partial charge in [-0.25, -0.2) is 0 Å². The molecular formula is C18H27NO5. The Balaban J connectivity index is 1.92. The number of nitrogens with one attached hydrogen (secondary N) is 1. The lowest BCUT2D eigenvalue weighted by atomic mass is 9.91. The summed E-state index contributed by atoms with van der Waals surface area (Å²) in [6.45, 7) is 3.59. The Bertz CT molecular complexity index is 556. The first-order chi connectivity index (χ1) is 11.6. The van der Waals surface area contributed by atoms with E-state index in [2.05, 4.69) is 5.32 Å². The molecule has 1 aliphatic heterocycles. The number of carbonyl (C=O) groups is 1. The molecule has 24 heavy (non-hydrogen) atoms. The fourth-order valence-electron chi connectivity index (χ4n) is 3.14. The molecule has 1 aliphatic rings. The highest BCUT2D eigenvalue weighted by Crippen LogP contribution is 2.32. The number of amides is 1. The molecule has 1 amide bonds. The van der Waals surface area contributed by atoms with Gasteiger partial charge >= 0.3 is 0 Å². The summed E-state index contributed by atoms with van der Waals surface area (Å²) in [5.74, 6) is -0.894. The molecule has 2 rings (SSSR count). The van der Waals surface area contributed by atoms with Crippen LogP contribution in [0.4, 0.5) is 0 Å². The van der Waals surface area contributed by atoms with E-state index in [9.17, 15) is 9.90 Å². The Kier molecular flexibility index (Phi) is 6.60. The average molecular weight is 337 g/mol. The molecule has 0 aromatic heterocycles. The number of hydrogen-bond acceptors (Lipinski definition) is 5. The van der Waals surface area contributed by atoms with Crippen LogP contribution in [0.15, 0.2) is 18.2 Å². The molecule has 0 spiro atoms. The van der Waals surface area contributed by atoms with Gasteiger partial charge in [0.15, 0.2) is 5.79 Å². The van der Waals surface area contributed by atoms with Crippen molar-refractivity contribution < 1.29 is 24.1 Å². The van der Waals surface area contributed by atoms with E-state index >= 15 is 0 Å². The van der Waals surface area contributed by atoms with Gasteiger partial charge < -0.3 is 24.6 Å². The number of aromatic hydroxyl groups is 1. The van der Waals surface area contributed by atoms with E-state index in [4.69, 9.17) is 14.2 Å². The molecular weight excluding hydrogens is 310 g/mol. The van der Waals surface area contributed by atoms with E-state index in [1.54, 1.807) is 26.4 Å². The van der Waals surface area contributed by atoms with E-state index in [1.807, 2.05) is 13.0 Å². The SMILES string of the molecule is CCc1ccc(C(=O)NCC[C@H]2COCCC2(OC)OC)c(O)c1. The third-order valence-electron chi connectivity index (χ3n) is 4.72. The van der Waals surface area contributed by atoms with Gasteiger partial charge in [-0.2, -0.15) is 0 Å². The van der Waals surface area contributed by atoms with Crippen LogP contribution in [-0.4, -0.2) is 50.8 Å². The third kappa shape index (κ3) is 4.06. The molecule has 0 saturated carbocycles. The Morgan fingerprint density at radius 3 is 2.79 bits per heavy atom. The molecule has 1 atom stereocenters. The van der Waals surface area contributed by atoms with Crippen molar-refractivity contribution in [1.82, 2.24) is 5.32 Å². The largest absolute Gasteiger partial charge is 0.507 e. The lowest BCUT2D eigenvalue weighted by Crippen LogP contribution is -2.49. The van der Waals surface area contributed by atoms with Crippen LogP contribution in [0.1, 0.15) is 35.7 Å². The van der Waals surface area contributed by atoms with Crippen LogP contribution in [-0.2, 0) is 20.6 Å². The molecule has 0 bridgehead atoms. The first-order valence-electron chi connectivity index (χ1n) is 8.34. The number of phenols is 1. The minimum Gasteiger partial charge on any atom is -0.507 e. The van der Waals surface area contributed by atoms with E-state index in [0.29, 0.717) is 32.6 Å². The summed E-state index contributed by atoms with van der Waals surface area (Å²) in [7, 11) is 3.27. The number of carbonyl (C=O) groups excluding carboxylic acids is 1. The van der Waals surface area contributed by atoms with Gasteiger partial charge in [0.2, 0.25) is 0 Å². The molecule has 2 N–H and O–H groups in total. The van der Waals surface area contributed by atoms with E-state index in [0.717, 1.165) is 12.0 Å². The Labute approximate surface area is 143 Å². The van der Waals surface area contributed by atoms with Crippen LogP contribution in [0, 0.1) is 5.92 Å². The fourth-order valence-corrected chi connectivity index (χ4v) is 3.14. The highest BCUT2D eigenvalue weighted by atomic mass is 16.7. The van der Waals surface area contributed by atoms with Crippen LogP contribution in [0.5, 0.6) is 5.75 Å². The van der Waals surface area contributed by atoms with Gasteiger partial charge in [-0.3, -0.25) is 4.79 Å². The van der Waals surface area contributed by atoms with E-state index in [1.165, 1.54) is 0 Å². The number of aryl methyl sites for hydroxylation is 1. The first-order valence-corrected chi connectivity index (χ1v) is 8.34. The first kappa shape index (κ1) is 18.7. The molecule has 134 valence electrons. The van der Waals surface area contributed by atoms with Crippen molar-refractivity contribution in [2.75, 3.05) is 34.0 Å². The maximum Gasteiger partial charge on any atom is 0.255 e. The maximum atomic E-state index is 12.2. The molecule has 6 heteroatoms. The summed E-state index contributed by atoms with van der Waals surface area (Å²) in [6.07, 6.45) is 2.15. The number of rotatable bonds is 7. The molecule has 0 aliphatic carbocycles. The maximum absolute atomic E-state index is 12.2. The van der Waals surface area contributed by atoms with Crippen LogP contribution in [0.2, 0.25) is 0 Å². The average Bonchev–Trinajstić information content (AvgIpc) is 2.61. The zero-order chi connectivity index (χ0) is 17.6. The molecule has 0 radical (unpaired) electrons. The summed E-state index contributed by atoms with van der Waals surface area (Å²) in [6, 6.07) is 5.14. The normalized spacial score (nSPS) is 19.9. The van der Waals surface area contributed by atoms with Crippen molar-refractivity contribution in [3.05, 3.63) is 29.3 Å². The zero-order valence-electron chi connectivity index (χ0n) is 14.6. The number of benzene rings is 1. The van der Waals surface area contributed by atoms with Crippen LogP contribution < -0.4 is 5.32 Å². The third-order valence-corrected chi connectivity index (χ3v) is 4.72. The van der Waals surface area contributed by atoms with Gasteiger partial charge in [-0.15, -0.1) is 0 Å². The van der Waals surface area contributed by atoms with Gasteiger partial charge in [0.1, 0.15) is 5.75 Å². The number of hydrogen-bond donors (Lipinski definition) is 2. The monoisotopic (exact) mass is 337 g/mol. The zero-order valence-corrected chi connectivity index (χ0v) is 14.6. The van der Waals surface area contributed by atoms with Gasteiger partial charge in [-0.1, -0.05) is 13.0 Å². The summed E-state index contributed by atoms with van der Waals surface area (Å²) >= 11 is 0. The van der Waals surface area contributed by atoms with Gasteiger partial charge in [-0.05, 0) is 30.5 Å². The second kappa shape index (κ2) is 8.46. The van der Waals surface area contributed by atoms with E-state index in [-0.39, 0.29) is 23.1 Å². The summed E-state index contributed by atoms with van der Waals surface area (Å²) in [4.78, 5) is 12.2. The van der Waals surface area contributed by atoms with Crippen LogP contribution >= 0.6 is 0 Å². The van der Waals surface area contributed by atoms with Crippen molar-refractivity contribution in [3.8, 4) is 5.75 Å². The smallest absolute Gasteiger partial charge is 0.255 e. The molecule has 6 nitrogen and oxygen atoms in total. The topological polar surface area (TPSA) is 77.0 Å². The number of ether oxygens (including phenoxy) is 3. The van der Waals surface area contributed by atoms with E-state index < -0.39 is 5.79 Å². The Hall–Kier alpha value is -1.63. The second-order valence-corrected chi connectivity index (χ2v) is 5.99. The van der Waals surface area contributed by atoms with Gasteiger partial charge in [0.05, 0.1) is 18.8 Å². The molecule has 0 unspecified atom stereocenters. The predicted molar refractivity (Wildman–Crippen MR) is 90.1 cm³/mol. The van der Waals surface area contributed by atoms with Crippen LogP contribution in [0.25, 0.3) is 0 Å². The minimum atomic E-state index is -0.659. The molecule has 1 aromatic carbocycles. The predicted octanol–water partition coefficient (Wildman–Crippen LogP) is 2.10. The molecule has 1 fully saturated rings. The quantitative estimate of drug-likeness (QED) is 0.745. The van der Waals surface area contributed by atoms with Crippen molar-refractivity contribution in [1.29, 1.82) is 0 Å². The second-order valence-electron chi connectivity index (χ2n) is 5.99. The summed E-state index contributed by atoms with van der Waals surface area (Å²) < 4.78 is 16.7. The highest BCUT2D eigenvalue weighted by Gasteiger charge is 2.41. The lowest BCUT2D eigenvalue weighted by Gasteiger charge is -2.41. The van der Waals surface area contributed by atoms with Crippen molar-refractivity contribution in [3.63, 3.8) is 0 Å².